The standard InChI is InChI=1S/C13H18O3/c1-2-8-15-12-7-3-5-10-11(14)6-4-9-16-13(10)12/h3,5,7,11,14H,2,4,6,8-9H2,1H3. The fourth-order valence-corrected chi connectivity index (χ4v) is 1.88. The highest BCUT2D eigenvalue weighted by molar-refractivity contribution is 5.48. The van der Waals surface area contributed by atoms with Crippen molar-refractivity contribution in [2.45, 2.75) is 32.3 Å². The summed E-state index contributed by atoms with van der Waals surface area (Å²) in [4.78, 5) is 0. The monoisotopic (exact) mass is 222 g/mol. The van der Waals surface area contributed by atoms with Crippen molar-refractivity contribution in [3.63, 3.8) is 0 Å². The van der Waals surface area contributed by atoms with E-state index in [2.05, 4.69) is 6.92 Å². The van der Waals surface area contributed by atoms with Gasteiger partial charge in [0.2, 0.25) is 0 Å². The van der Waals surface area contributed by atoms with Crippen molar-refractivity contribution in [2.24, 2.45) is 0 Å². The van der Waals surface area contributed by atoms with Crippen LogP contribution in [0.5, 0.6) is 11.5 Å². The van der Waals surface area contributed by atoms with Crippen LogP contribution >= 0.6 is 0 Å². The molecule has 16 heavy (non-hydrogen) atoms. The fraction of sp³-hybridized carbons (Fsp3) is 0.538. The zero-order valence-corrected chi connectivity index (χ0v) is 9.61. The summed E-state index contributed by atoms with van der Waals surface area (Å²) in [6.45, 7) is 3.39. The maximum absolute atomic E-state index is 9.96. The lowest BCUT2D eigenvalue weighted by molar-refractivity contribution is 0.167. The number of aliphatic hydroxyl groups is 1. The molecular weight excluding hydrogens is 204 g/mol. The number of benzene rings is 1. The predicted molar refractivity (Wildman–Crippen MR) is 61.9 cm³/mol. The summed E-state index contributed by atoms with van der Waals surface area (Å²) in [7, 11) is 0. The third-order valence-corrected chi connectivity index (χ3v) is 2.70. The largest absolute Gasteiger partial charge is 0.490 e. The van der Waals surface area contributed by atoms with Crippen LogP contribution in [0.2, 0.25) is 0 Å². The van der Waals surface area contributed by atoms with Crippen LogP contribution in [0.3, 0.4) is 0 Å². The van der Waals surface area contributed by atoms with Gasteiger partial charge in [0.15, 0.2) is 11.5 Å². The molecule has 3 heteroatoms. The van der Waals surface area contributed by atoms with Crippen LogP contribution in [0.4, 0.5) is 0 Å². The Labute approximate surface area is 96.0 Å². The van der Waals surface area contributed by atoms with Crippen molar-refractivity contribution in [3.8, 4) is 11.5 Å². The Hall–Kier alpha value is -1.22. The van der Waals surface area contributed by atoms with Crippen molar-refractivity contribution in [1.82, 2.24) is 0 Å². The molecule has 0 saturated heterocycles. The first-order valence-corrected chi connectivity index (χ1v) is 5.89. The molecule has 0 spiro atoms. The third-order valence-electron chi connectivity index (χ3n) is 2.70. The quantitative estimate of drug-likeness (QED) is 0.854. The van der Waals surface area contributed by atoms with Crippen molar-refractivity contribution in [3.05, 3.63) is 23.8 Å². The molecule has 0 saturated carbocycles. The van der Waals surface area contributed by atoms with Gasteiger partial charge in [0.1, 0.15) is 0 Å². The molecule has 0 fully saturated rings. The number of hydrogen-bond donors (Lipinski definition) is 1. The van der Waals surface area contributed by atoms with Crippen molar-refractivity contribution >= 4 is 0 Å². The summed E-state index contributed by atoms with van der Waals surface area (Å²) >= 11 is 0. The number of fused-ring (bicyclic) bond motifs is 1. The van der Waals surface area contributed by atoms with Crippen LogP contribution in [0.25, 0.3) is 0 Å². The van der Waals surface area contributed by atoms with Crippen LogP contribution in [0, 0.1) is 0 Å². The van der Waals surface area contributed by atoms with E-state index in [1.807, 2.05) is 18.2 Å². The van der Waals surface area contributed by atoms with E-state index in [4.69, 9.17) is 9.47 Å². The molecule has 2 rings (SSSR count). The SMILES string of the molecule is CCCOc1cccc2c1OCCCC2O. The third kappa shape index (κ3) is 2.30. The summed E-state index contributed by atoms with van der Waals surface area (Å²) < 4.78 is 11.3. The van der Waals surface area contributed by atoms with Crippen molar-refractivity contribution in [2.75, 3.05) is 13.2 Å². The van der Waals surface area contributed by atoms with Gasteiger partial charge in [-0.25, -0.2) is 0 Å². The van der Waals surface area contributed by atoms with Crippen molar-refractivity contribution in [1.29, 1.82) is 0 Å². The smallest absolute Gasteiger partial charge is 0.166 e. The fourth-order valence-electron chi connectivity index (χ4n) is 1.88. The first kappa shape index (κ1) is 11.3. The molecular formula is C13H18O3. The first-order chi connectivity index (χ1) is 7.83. The molecule has 3 nitrogen and oxygen atoms in total. The molecule has 0 aliphatic carbocycles. The maximum atomic E-state index is 9.96. The summed E-state index contributed by atoms with van der Waals surface area (Å²) in [6.07, 6.45) is 2.17. The zero-order chi connectivity index (χ0) is 11.4. The molecule has 0 bridgehead atoms. The number of rotatable bonds is 3. The van der Waals surface area contributed by atoms with Crippen LogP contribution in [-0.4, -0.2) is 18.3 Å². The molecule has 1 atom stereocenters. The lowest BCUT2D eigenvalue weighted by Crippen LogP contribution is -2.02. The molecule has 1 heterocycles. The van der Waals surface area contributed by atoms with Gasteiger partial charge in [0.05, 0.1) is 19.3 Å². The minimum absolute atomic E-state index is 0.428. The number of aliphatic hydroxyl groups excluding tert-OH is 1. The second kappa shape index (κ2) is 5.21. The maximum Gasteiger partial charge on any atom is 0.166 e. The second-order valence-corrected chi connectivity index (χ2v) is 4.03. The Morgan fingerprint density at radius 1 is 1.50 bits per heavy atom. The van der Waals surface area contributed by atoms with E-state index in [1.165, 1.54) is 0 Å². The van der Waals surface area contributed by atoms with Gasteiger partial charge in [-0.15, -0.1) is 0 Å². The van der Waals surface area contributed by atoms with E-state index in [0.717, 1.165) is 36.3 Å². The lowest BCUT2D eigenvalue weighted by atomic mass is 10.0. The van der Waals surface area contributed by atoms with Gasteiger partial charge in [-0.1, -0.05) is 19.1 Å². The highest BCUT2D eigenvalue weighted by atomic mass is 16.5. The molecule has 1 aromatic carbocycles. The zero-order valence-electron chi connectivity index (χ0n) is 9.61. The van der Waals surface area contributed by atoms with E-state index in [0.29, 0.717) is 13.2 Å². The predicted octanol–water partition coefficient (Wildman–Crippen LogP) is 2.68. The van der Waals surface area contributed by atoms with Crippen LogP contribution in [0.1, 0.15) is 37.9 Å². The topological polar surface area (TPSA) is 38.7 Å². The van der Waals surface area contributed by atoms with Crippen LogP contribution in [-0.2, 0) is 0 Å². The molecule has 1 N–H and O–H groups in total. The first-order valence-electron chi connectivity index (χ1n) is 5.89. The number of hydrogen-bond acceptors (Lipinski definition) is 3. The van der Waals surface area contributed by atoms with Crippen LogP contribution in [0.15, 0.2) is 18.2 Å². The van der Waals surface area contributed by atoms with E-state index in [1.54, 1.807) is 0 Å². The van der Waals surface area contributed by atoms with Gasteiger partial charge >= 0.3 is 0 Å². The molecule has 0 aromatic heterocycles. The van der Waals surface area contributed by atoms with Gasteiger partial charge in [-0.3, -0.25) is 0 Å². The highest BCUT2D eigenvalue weighted by Crippen LogP contribution is 2.38. The minimum Gasteiger partial charge on any atom is -0.490 e. The summed E-state index contributed by atoms with van der Waals surface area (Å²) in [5.74, 6) is 1.47. The Kier molecular flexibility index (Phi) is 3.67. The Morgan fingerprint density at radius 2 is 2.38 bits per heavy atom. The lowest BCUT2D eigenvalue weighted by Gasteiger charge is -2.15. The van der Waals surface area contributed by atoms with Crippen LogP contribution < -0.4 is 9.47 Å². The summed E-state index contributed by atoms with van der Waals surface area (Å²) in [5.41, 5.74) is 0.853. The van der Waals surface area contributed by atoms with Crippen molar-refractivity contribution < 1.29 is 14.6 Å². The Balaban J connectivity index is 2.29. The molecule has 0 amide bonds. The Morgan fingerprint density at radius 3 is 3.19 bits per heavy atom. The molecule has 1 aromatic rings. The highest BCUT2D eigenvalue weighted by Gasteiger charge is 2.20. The number of ether oxygens (including phenoxy) is 2. The van der Waals surface area contributed by atoms with Gasteiger partial charge in [0, 0.05) is 5.56 Å². The summed E-state index contributed by atoms with van der Waals surface area (Å²) in [6, 6.07) is 5.71. The van der Waals surface area contributed by atoms with Gasteiger partial charge < -0.3 is 14.6 Å². The van der Waals surface area contributed by atoms with E-state index >= 15 is 0 Å². The van der Waals surface area contributed by atoms with E-state index < -0.39 is 6.10 Å². The van der Waals surface area contributed by atoms with Gasteiger partial charge in [-0.2, -0.15) is 0 Å². The normalized spacial score (nSPS) is 19.5. The minimum atomic E-state index is -0.428. The molecule has 1 aliphatic rings. The van der Waals surface area contributed by atoms with Gasteiger partial charge in [-0.05, 0) is 25.3 Å². The van der Waals surface area contributed by atoms with E-state index in [-0.39, 0.29) is 0 Å². The molecule has 0 radical (unpaired) electrons. The van der Waals surface area contributed by atoms with Gasteiger partial charge in [0.25, 0.3) is 0 Å². The molecule has 1 unspecified atom stereocenters. The number of para-hydroxylation sites is 1. The Bertz CT molecular complexity index is 349. The molecule has 88 valence electrons. The second-order valence-electron chi connectivity index (χ2n) is 4.03. The average Bonchev–Trinajstić information content (AvgIpc) is 2.49. The summed E-state index contributed by atoms with van der Waals surface area (Å²) in [5, 5.41) is 9.96. The average molecular weight is 222 g/mol. The molecule has 1 aliphatic heterocycles. The van der Waals surface area contributed by atoms with E-state index in [9.17, 15) is 5.11 Å².